The van der Waals surface area contributed by atoms with E-state index in [9.17, 15) is 14.4 Å². The van der Waals surface area contributed by atoms with E-state index in [1.165, 1.54) is 77.0 Å². The molecule has 43 heavy (non-hydrogen) atoms. The molecule has 0 amide bonds. The standard InChI is InChI=1S/C33H63O6PS3/c1-4-7-10-13-16-19-22-25-28(41)31(34)37-40(38-32(35)29(42)26-23-20-17-14-11-8-5-2)39-33(36)30(43)27-24-21-18-15-12-9-6-3/h28-30,41-43H,4-27H2,1-3H3. The first kappa shape index (κ1) is 42.9. The van der Waals surface area contributed by atoms with Gasteiger partial charge >= 0.3 is 26.5 Å². The summed E-state index contributed by atoms with van der Waals surface area (Å²) >= 11 is 13.3. The largest absolute Gasteiger partial charge is 0.537 e. The second kappa shape index (κ2) is 30.5. The number of rotatable bonds is 30. The summed E-state index contributed by atoms with van der Waals surface area (Å²) in [5.41, 5.74) is 0. The van der Waals surface area contributed by atoms with Crippen molar-refractivity contribution in [3.63, 3.8) is 0 Å². The molecule has 0 aromatic carbocycles. The Bertz CT molecular complexity index is 609. The van der Waals surface area contributed by atoms with Gasteiger partial charge in [0.05, 0.1) is 15.7 Å². The molecular formula is C33H63O6PS3. The Morgan fingerprint density at radius 1 is 0.419 bits per heavy atom. The highest BCUT2D eigenvalue weighted by Gasteiger charge is 2.33. The van der Waals surface area contributed by atoms with Crippen LogP contribution in [0.15, 0.2) is 0 Å². The lowest BCUT2D eigenvalue weighted by molar-refractivity contribution is -0.142. The number of thiol groups is 3. The number of hydrogen-bond acceptors (Lipinski definition) is 9. The van der Waals surface area contributed by atoms with Crippen molar-refractivity contribution in [3.05, 3.63) is 0 Å². The predicted octanol–water partition coefficient (Wildman–Crippen LogP) is 11.2. The molecule has 0 radical (unpaired) electrons. The zero-order chi connectivity index (χ0) is 32.1. The molecule has 0 bridgehead atoms. The SMILES string of the molecule is CCCCCCCCCC(S)C(=O)OP(OC(=O)C(S)CCCCCCCCC)OC(=O)C(S)CCCCCCCCC. The molecule has 254 valence electrons. The van der Waals surface area contributed by atoms with Crippen LogP contribution in [0.25, 0.3) is 0 Å². The minimum absolute atomic E-state index is 0.543. The fourth-order valence-corrected chi connectivity index (χ4v) is 6.59. The van der Waals surface area contributed by atoms with Gasteiger partial charge in [-0.1, -0.05) is 156 Å². The van der Waals surface area contributed by atoms with Gasteiger partial charge in [-0.2, -0.15) is 37.9 Å². The highest BCUT2D eigenvalue weighted by atomic mass is 32.1. The molecule has 0 spiro atoms. The number of hydrogen-bond donors (Lipinski definition) is 3. The van der Waals surface area contributed by atoms with Gasteiger partial charge < -0.3 is 13.6 Å². The molecule has 0 saturated heterocycles. The van der Waals surface area contributed by atoms with E-state index in [2.05, 4.69) is 58.7 Å². The van der Waals surface area contributed by atoms with E-state index < -0.39 is 42.3 Å². The average molecular weight is 683 g/mol. The first-order valence-electron chi connectivity index (χ1n) is 17.3. The molecule has 0 aliphatic rings. The highest BCUT2D eigenvalue weighted by molar-refractivity contribution is 7.82. The van der Waals surface area contributed by atoms with Crippen LogP contribution in [-0.2, 0) is 28.0 Å². The van der Waals surface area contributed by atoms with Crippen molar-refractivity contribution in [1.29, 1.82) is 0 Å². The van der Waals surface area contributed by atoms with Crippen LogP contribution >= 0.6 is 46.5 Å². The first-order valence-corrected chi connectivity index (χ1v) is 19.9. The summed E-state index contributed by atoms with van der Waals surface area (Å²) in [5, 5.41) is -2.05. The van der Waals surface area contributed by atoms with Crippen LogP contribution in [0.3, 0.4) is 0 Å². The third kappa shape index (κ3) is 25.7. The molecule has 3 atom stereocenters. The lowest BCUT2D eigenvalue weighted by Gasteiger charge is -2.20. The maximum absolute atomic E-state index is 12.8. The van der Waals surface area contributed by atoms with Gasteiger partial charge in [-0.25, -0.2) is 0 Å². The monoisotopic (exact) mass is 682 g/mol. The van der Waals surface area contributed by atoms with Gasteiger partial charge in [0.15, 0.2) is 0 Å². The number of unbranched alkanes of at least 4 members (excludes halogenated alkanes) is 18. The van der Waals surface area contributed by atoms with E-state index in [0.29, 0.717) is 19.3 Å². The van der Waals surface area contributed by atoms with E-state index >= 15 is 0 Å². The van der Waals surface area contributed by atoms with Crippen molar-refractivity contribution < 1.29 is 28.0 Å². The van der Waals surface area contributed by atoms with Crippen LogP contribution in [0.5, 0.6) is 0 Å². The Hall–Kier alpha value is -0.110. The lowest BCUT2D eigenvalue weighted by atomic mass is 10.1. The van der Waals surface area contributed by atoms with Gasteiger partial charge in [0, 0.05) is 0 Å². The highest BCUT2D eigenvalue weighted by Crippen LogP contribution is 2.43. The summed E-state index contributed by atoms with van der Waals surface area (Å²) in [5.74, 6) is -1.94. The quantitative estimate of drug-likeness (QED) is 0.0398. The normalized spacial score (nSPS) is 14.1. The molecule has 0 saturated carbocycles. The van der Waals surface area contributed by atoms with E-state index in [-0.39, 0.29) is 0 Å². The molecule has 0 aromatic rings. The third-order valence-electron chi connectivity index (χ3n) is 7.55. The molecule has 0 aliphatic heterocycles. The fraction of sp³-hybridized carbons (Fsp3) is 0.909. The second-order valence-corrected chi connectivity index (χ2v) is 14.6. The molecule has 0 aromatic heterocycles. The van der Waals surface area contributed by atoms with Gasteiger partial charge in [-0.15, -0.1) is 0 Å². The molecule has 0 aliphatic carbocycles. The summed E-state index contributed by atoms with van der Waals surface area (Å²) in [7, 11) is -2.56. The summed E-state index contributed by atoms with van der Waals surface area (Å²) in [6, 6.07) is 0. The van der Waals surface area contributed by atoms with Crippen molar-refractivity contribution in [3.8, 4) is 0 Å². The molecular weight excluding hydrogens is 620 g/mol. The molecule has 0 heterocycles. The van der Waals surface area contributed by atoms with Crippen LogP contribution < -0.4 is 0 Å². The van der Waals surface area contributed by atoms with Crippen molar-refractivity contribution in [2.24, 2.45) is 0 Å². The lowest BCUT2D eigenvalue weighted by Crippen LogP contribution is -2.23. The smallest absolute Gasteiger partial charge is 0.374 e. The molecule has 10 heteroatoms. The van der Waals surface area contributed by atoms with Gasteiger partial charge in [0.2, 0.25) is 0 Å². The Balaban J connectivity index is 4.84. The van der Waals surface area contributed by atoms with Crippen molar-refractivity contribution in [2.75, 3.05) is 0 Å². The summed E-state index contributed by atoms with van der Waals surface area (Å²) in [4.78, 5) is 38.4. The Kier molecular flexibility index (Phi) is 30.5. The van der Waals surface area contributed by atoms with Crippen molar-refractivity contribution in [1.82, 2.24) is 0 Å². The number of carbonyl (C=O) groups excluding carboxylic acids is 3. The number of carbonyl (C=O) groups is 3. The van der Waals surface area contributed by atoms with Crippen molar-refractivity contribution >= 4 is 64.4 Å². The predicted molar refractivity (Wildman–Crippen MR) is 191 cm³/mol. The molecule has 0 fully saturated rings. The van der Waals surface area contributed by atoms with E-state index in [1.54, 1.807) is 0 Å². The van der Waals surface area contributed by atoms with Gasteiger partial charge in [0.25, 0.3) is 0 Å². The van der Waals surface area contributed by atoms with Crippen molar-refractivity contribution in [2.45, 2.75) is 191 Å². The van der Waals surface area contributed by atoms with Crippen LogP contribution in [-0.4, -0.2) is 33.7 Å². The Morgan fingerprint density at radius 3 is 0.860 bits per heavy atom. The van der Waals surface area contributed by atoms with Crippen LogP contribution in [0.2, 0.25) is 0 Å². The topological polar surface area (TPSA) is 78.9 Å². The molecule has 0 rings (SSSR count). The Morgan fingerprint density at radius 2 is 0.628 bits per heavy atom. The van der Waals surface area contributed by atoms with Gasteiger partial charge in [-0.05, 0) is 19.3 Å². The zero-order valence-electron chi connectivity index (χ0n) is 27.4. The van der Waals surface area contributed by atoms with E-state index in [1.807, 2.05) is 0 Å². The summed E-state index contributed by atoms with van der Waals surface area (Å²) in [6.07, 6.45) is 25.3. The zero-order valence-corrected chi connectivity index (χ0v) is 31.0. The molecule has 3 unspecified atom stereocenters. The minimum Gasteiger partial charge on any atom is -0.374 e. The second-order valence-electron chi connectivity index (χ2n) is 11.7. The Labute approximate surface area is 281 Å². The molecule has 0 N–H and O–H groups in total. The maximum atomic E-state index is 12.8. The molecule has 6 nitrogen and oxygen atoms in total. The van der Waals surface area contributed by atoms with E-state index in [0.717, 1.165) is 57.8 Å². The first-order chi connectivity index (χ1) is 20.8. The minimum atomic E-state index is -2.56. The average Bonchev–Trinajstić information content (AvgIpc) is 2.99. The maximum Gasteiger partial charge on any atom is 0.537 e. The summed E-state index contributed by atoms with van der Waals surface area (Å²) in [6.45, 7) is 6.58. The summed E-state index contributed by atoms with van der Waals surface area (Å²) < 4.78 is 16.3. The van der Waals surface area contributed by atoms with E-state index in [4.69, 9.17) is 13.6 Å². The van der Waals surface area contributed by atoms with Crippen LogP contribution in [0.1, 0.15) is 175 Å². The third-order valence-corrected chi connectivity index (χ3v) is 9.95. The van der Waals surface area contributed by atoms with Crippen LogP contribution in [0, 0.1) is 0 Å². The fourth-order valence-electron chi connectivity index (χ4n) is 4.70. The van der Waals surface area contributed by atoms with Crippen LogP contribution in [0.4, 0.5) is 0 Å². The van der Waals surface area contributed by atoms with Gasteiger partial charge in [0.1, 0.15) is 0 Å². The van der Waals surface area contributed by atoms with Gasteiger partial charge in [-0.3, -0.25) is 14.4 Å².